The molecule has 0 radical (unpaired) electrons. The van der Waals surface area contributed by atoms with E-state index in [-0.39, 0.29) is 5.91 Å². The van der Waals surface area contributed by atoms with Crippen LogP contribution in [0.15, 0.2) is 22.7 Å². The zero-order chi connectivity index (χ0) is 12.4. The number of hydrogen-bond donors (Lipinski definition) is 2. The van der Waals surface area contributed by atoms with Crippen molar-refractivity contribution in [2.75, 3.05) is 7.11 Å². The lowest BCUT2D eigenvalue weighted by Gasteiger charge is -2.18. The summed E-state index contributed by atoms with van der Waals surface area (Å²) in [6.07, 6.45) is 2.19. The Kier molecular flexibility index (Phi) is 3.69. The Morgan fingerprint density at radius 3 is 2.82 bits per heavy atom. The lowest BCUT2D eigenvalue weighted by Crippen LogP contribution is -2.35. The van der Waals surface area contributed by atoms with Crippen LogP contribution in [-0.2, 0) is 4.79 Å². The molecule has 17 heavy (non-hydrogen) atoms. The zero-order valence-corrected chi connectivity index (χ0v) is 11.2. The highest BCUT2D eigenvalue weighted by atomic mass is 79.9. The van der Waals surface area contributed by atoms with Gasteiger partial charge in [0.05, 0.1) is 7.11 Å². The van der Waals surface area contributed by atoms with Gasteiger partial charge in [-0.15, -0.1) is 0 Å². The molecule has 0 heterocycles. The Hall–Kier alpha value is -1.07. The molecule has 1 aliphatic rings. The Bertz CT molecular complexity index is 433. The van der Waals surface area contributed by atoms with Crippen LogP contribution in [0.3, 0.4) is 0 Å². The van der Waals surface area contributed by atoms with Crippen LogP contribution >= 0.6 is 15.9 Å². The van der Waals surface area contributed by atoms with Crippen LogP contribution in [0.5, 0.6) is 5.75 Å². The van der Waals surface area contributed by atoms with E-state index in [1.165, 1.54) is 0 Å². The lowest BCUT2D eigenvalue weighted by atomic mass is 10.1. The van der Waals surface area contributed by atoms with Crippen LogP contribution < -0.4 is 15.8 Å². The number of nitrogens with one attached hydrogen (secondary N) is 1. The predicted octanol–water partition coefficient (Wildman–Crippen LogP) is 1.74. The summed E-state index contributed by atoms with van der Waals surface area (Å²) in [5, 5.41) is 3.23. The number of benzene rings is 1. The number of nitrogens with two attached hydrogens (primary N) is 1. The van der Waals surface area contributed by atoms with Crippen molar-refractivity contribution in [3.05, 3.63) is 28.2 Å². The topological polar surface area (TPSA) is 64.3 Å². The predicted molar refractivity (Wildman–Crippen MR) is 68.8 cm³/mol. The van der Waals surface area contributed by atoms with Crippen molar-refractivity contribution >= 4 is 21.8 Å². The fraction of sp³-hybridized carbons (Fsp3) is 0.417. The third-order valence-corrected chi connectivity index (χ3v) is 3.26. The van der Waals surface area contributed by atoms with E-state index in [4.69, 9.17) is 10.5 Å². The first kappa shape index (κ1) is 12.4. The number of carbonyl (C=O) groups is 1. The van der Waals surface area contributed by atoms with E-state index in [1.807, 2.05) is 18.2 Å². The summed E-state index contributed by atoms with van der Waals surface area (Å²) >= 11 is 3.39. The zero-order valence-electron chi connectivity index (χ0n) is 9.57. The van der Waals surface area contributed by atoms with Crippen molar-refractivity contribution in [1.82, 2.24) is 5.32 Å². The van der Waals surface area contributed by atoms with Crippen LogP contribution in [0.25, 0.3) is 0 Å². The normalized spacial score (nSPS) is 16.6. The van der Waals surface area contributed by atoms with Gasteiger partial charge in [0.15, 0.2) is 0 Å². The molecule has 4 nitrogen and oxygen atoms in total. The molecular formula is C12H15BrN2O2. The van der Waals surface area contributed by atoms with E-state index < -0.39 is 6.04 Å². The molecule has 1 aromatic rings. The number of ether oxygens (including phenoxy) is 1. The van der Waals surface area contributed by atoms with Crippen LogP contribution in [0, 0.1) is 0 Å². The molecule has 0 bridgehead atoms. The molecule has 5 heteroatoms. The molecule has 1 aromatic carbocycles. The minimum atomic E-state index is -0.491. The molecule has 1 aliphatic carbocycles. The smallest absolute Gasteiger partial charge is 0.239 e. The second-order valence-corrected chi connectivity index (χ2v) is 5.08. The summed E-state index contributed by atoms with van der Waals surface area (Å²) in [7, 11) is 1.59. The number of methoxy groups -OCH3 is 1. The fourth-order valence-corrected chi connectivity index (χ4v) is 2.12. The Balaban J connectivity index is 2.32. The Morgan fingerprint density at radius 2 is 2.29 bits per heavy atom. The first-order valence-electron chi connectivity index (χ1n) is 5.50. The van der Waals surface area contributed by atoms with Crippen molar-refractivity contribution in [2.45, 2.75) is 24.9 Å². The molecule has 0 saturated heterocycles. The number of carbonyl (C=O) groups excluding carboxylic acids is 1. The minimum absolute atomic E-state index is 0.381. The second kappa shape index (κ2) is 5.06. The highest BCUT2D eigenvalue weighted by Crippen LogP contribution is 2.31. The summed E-state index contributed by atoms with van der Waals surface area (Å²) in [5.74, 6) is 0.290. The van der Waals surface area contributed by atoms with Crippen LogP contribution in [0.1, 0.15) is 24.4 Å². The van der Waals surface area contributed by atoms with Gasteiger partial charge in [-0.2, -0.15) is 0 Å². The van der Waals surface area contributed by atoms with Crippen molar-refractivity contribution in [3.8, 4) is 5.75 Å². The lowest BCUT2D eigenvalue weighted by molar-refractivity contribution is -0.120. The number of halogens is 1. The molecular weight excluding hydrogens is 284 g/mol. The maximum Gasteiger partial charge on any atom is 0.239 e. The summed E-state index contributed by atoms with van der Waals surface area (Å²) in [4.78, 5) is 11.5. The van der Waals surface area contributed by atoms with Gasteiger partial charge >= 0.3 is 0 Å². The largest absolute Gasteiger partial charge is 0.496 e. The molecule has 0 aliphatic heterocycles. The van der Waals surface area contributed by atoms with Crippen molar-refractivity contribution < 1.29 is 9.53 Å². The van der Waals surface area contributed by atoms with E-state index in [9.17, 15) is 4.79 Å². The maximum atomic E-state index is 11.5. The van der Waals surface area contributed by atoms with Crippen molar-refractivity contribution in [1.29, 1.82) is 0 Å². The molecule has 92 valence electrons. The SMILES string of the molecule is COc1ccc(Br)cc1C(NC1CC1)C(N)=O. The van der Waals surface area contributed by atoms with Gasteiger partial charge in [-0.3, -0.25) is 10.1 Å². The first-order chi connectivity index (χ1) is 8.11. The average molecular weight is 299 g/mol. The molecule has 1 fully saturated rings. The Labute approximate surface area is 109 Å². The van der Waals surface area contributed by atoms with Gasteiger partial charge in [0, 0.05) is 16.1 Å². The highest BCUT2D eigenvalue weighted by Gasteiger charge is 2.30. The highest BCUT2D eigenvalue weighted by molar-refractivity contribution is 9.10. The molecule has 1 atom stereocenters. The van der Waals surface area contributed by atoms with E-state index >= 15 is 0 Å². The third-order valence-electron chi connectivity index (χ3n) is 2.77. The number of primary amides is 1. The van der Waals surface area contributed by atoms with Gasteiger partial charge in [-0.05, 0) is 31.0 Å². The summed E-state index contributed by atoms with van der Waals surface area (Å²) < 4.78 is 6.16. The van der Waals surface area contributed by atoms with Gasteiger partial charge in [0.25, 0.3) is 0 Å². The van der Waals surface area contributed by atoms with Crippen LogP contribution in [0.2, 0.25) is 0 Å². The first-order valence-corrected chi connectivity index (χ1v) is 6.30. The number of hydrogen-bond acceptors (Lipinski definition) is 3. The standard InChI is InChI=1S/C12H15BrN2O2/c1-17-10-5-2-7(13)6-9(10)11(12(14)16)15-8-3-4-8/h2,5-6,8,11,15H,3-4H2,1H3,(H2,14,16). The quantitative estimate of drug-likeness (QED) is 0.870. The molecule has 2 rings (SSSR count). The second-order valence-electron chi connectivity index (χ2n) is 4.16. The van der Waals surface area contributed by atoms with E-state index in [1.54, 1.807) is 7.11 Å². The summed E-state index contributed by atoms with van der Waals surface area (Å²) in [5.41, 5.74) is 6.23. The van der Waals surface area contributed by atoms with Gasteiger partial charge in [-0.1, -0.05) is 15.9 Å². The Morgan fingerprint density at radius 1 is 1.59 bits per heavy atom. The fourth-order valence-electron chi connectivity index (χ4n) is 1.74. The summed E-state index contributed by atoms with van der Waals surface area (Å²) in [6, 6.07) is 5.47. The van der Waals surface area contributed by atoms with Gasteiger partial charge in [0.1, 0.15) is 11.8 Å². The minimum Gasteiger partial charge on any atom is -0.496 e. The molecule has 0 spiro atoms. The van der Waals surface area contributed by atoms with Gasteiger partial charge in [-0.25, -0.2) is 0 Å². The molecule has 0 aromatic heterocycles. The third kappa shape index (κ3) is 2.98. The van der Waals surface area contributed by atoms with E-state index in [0.717, 1.165) is 22.9 Å². The molecule has 1 saturated carbocycles. The molecule has 3 N–H and O–H groups in total. The van der Waals surface area contributed by atoms with Crippen molar-refractivity contribution in [3.63, 3.8) is 0 Å². The van der Waals surface area contributed by atoms with E-state index in [0.29, 0.717) is 11.8 Å². The molecule has 1 unspecified atom stereocenters. The monoisotopic (exact) mass is 298 g/mol. The van der Waals surface area contributed by atoms with E-state index in [2.05, 4.69) is 21.2 Å². The number of rotatable bonds is 5. The number of amides is 1. The van der Waals surface area contributed by atoms with Crippen LogP contribution in [0.4, 0.5) is 0 Å². The molecule has 1 amide bonds. The van der Waals surface area contributed by atoms with Crippen LogP contribution in [-0.4, -0.2) is 19.1 Å². The summed E-state index contributed by atoms with van der Waals surface area (Å²) in [6.45, 7) is 0. The maximum absolute atomic E-state index is 11.5. The average Bonchev–Trinajstić information content (AvgIpc) is 3.09. The van der Waals surface area contributed by atoms with Crippen molar-refractivity contribution in [2.24, 2.45) is 5.73 Å². The van der Waals surface area contributed by atoms with Gasteiger partial charge in [0.2, 0.25) is 5.91 Å². The van der Waals surface area contributed by atoms with Gasteiger partial charge < -0.3 is 10.5 Å².